The monoisotopic (exact) mass is 296 g/mol. The van der Waals surface area contributed by atoms with E-state index in [2.05, 4.69) is 9.88 Å². The second kappa shape index (κ2) is 6.10. The van der Waals surface area contributed by atoms with Crippen LogP contribution in [0.5, 0.6) is 0 Å². The maximum Gasteiger partial charge on any atom is 0.351 e. The lowest BCUT2D eigenvalue weighted by atomic mass is 10.1. The fourth-order valence-electron chi connectivity index (χ4n) is 2.99. The summed E-state index contributed by atoms with van der Waals surface area (Å²) in [4.78, 5) is 17.9. The third-order valence-electron chi connectivity index (χ3n) is 4.06. The van der Waals surface area contributed by atoms with Crippen molar-refractivity contribution in [2.45, 2.75) is 24.8 Å². The van der Waals surface area contributed by atoms with E-state index >= 15 is 0 Å². The van der Waals surface area contributed by atoms with E-state index in [-0.39, 0.29) is 24.6 Å². The Morgan fingerprint density at radius 1 is 1.43 bits per heavy atom. The Bertz CT molecular complexity index is 543. The van der Waals surface area contributed by atoms with Gasteiger partial charge >= 0.3 is 5.69 Å². The van der Waals surface area contributed by atoms with Gasteiger partial charge in [0.15, 0.2) is 0 Å². The van der Waals surface area contributed by atoms with Crippen LogP contribution in [0, 0.1) is 0 Å². The van der Waals surface area contributed by atoms with Crippen LogP contribution in [0.4, 0.5) is 5.82 Å². The first-order valence-corrected chi connectivity index (χ1v) is 7.12. The highest BCUT2D eigenvalue weighted by molar-refractivity contribution is 5.23. The van der Waals surface area contributed by atoms with E-state index in [9.17, 15) is 9.90 Å². The maximum absolute atomic E-state index is 11.9. The van der Waals surface area contributed by atoms with Crippen molar-refractivity contribution in [3.8, 4) is 0 Å². The summed E-state index contributed by atoms with van der Waals surface area (Å²) in [6.45, 7) is 2.92. The molecule has 3 N–H and O–H groups in total. The van der Waals surface area contributed by atoms with Crippen molar-refractivity contribution in [3.63, 3.8) is 0 Å². The summed E-state index contributed by atoms with van der Waals surface area (Å²) in [5.74, 6) is 0.192. The van der Waals surface area contributed by atoms with Gasteiger partial charge in [-0.2, -0.15) is 4.98 Å². The summed E-state index contributed by atoms with van der Waals surface area (Å²) in [6, 6.07) is 1.65. The van der Waals surface area contributed by atoms with Gasteiger partial charge in [0.25, 0.3) is 0 Å². The first-order valence-electron chi connectivity index (χ1n) is 7.12. The van der Waals surface area contributed by atoms with Crippen LogP contribution in [-0.4, -0.2) is 64.6 Å². The molecule has 21 heavy (non-hydrogen) atoms. The predicted octanol–water partition coefficient (Wildman–Crippen LogP) is -1.19. The van der Waals surface area contributed by atoms with Crippen molar-refractivity contribution >= 4 is 5.82 Å². The van der Waals surface area contributed by atoms with Crippen LogP contribution in [0.15, 0.2) is 17.1 Å². The summed E-state index contributed by atoms with van der Waals surface area (Å²) in [7, 11) is 0. The summed E-state index contributed by atoms with van der Waals surface area (Å²) < 4.78 is 12.6. The minimum atomic E-state index is -0.431. The molecule has 3 atom stereocenters. The first kappa shape index (κ1) is 14.5. The number of morpholine rings is 1. The molecule has 2 aliphatic heterocycles. The molecule has 0 aliphatic carbocycles. The second-order valence-corrected chi connectivity index (χ2v) is 5.31. The standard InChI is InChI=1S/C13H20N4O4/c14-11-1-2-17(13(19)15-11)12-7-9(10(8-18)21-12)16-3-5-20-6-4-16/h1-2,9-10,12,18H,3-8H2,(H2,14,15,19)/t9-,10+,12+/m0/s1. The number of ether oxygens (including phenoxy) is 2. The van der Waals surface area contributed by atoms with Crippen LogP contribution in [0.3, 0.4) is 0 Å². The Labute approximate surface area is 122 Å². The van der Waals surface area contributed by atoms with Gasteiger partial charge < -0.3 is 20.3 Å². The normalized spacial score (nSPS) is 30.6. The van der Waals surface area contributed by atoms with E-state index in [1.807, 2.05) is 0 Å². The number of nitrogen functional groups attached to an aromatic ring is 1. The van der Waals surface area contributed by atoms with E-state index in [0.717, 1.165) is 13.1 Å². The molecule has 0 amide bonds. The molecular formula is C13H20N4O4. The predicted molar refractivity (Wildman–Crippen MR) is 74.7 cm³/mol. The number of hydrogen-bond acceptors (Lipinski definition) is 7. The summed E-state index contributed by atoms with van der Waals surface area (Å²) in [5.41, 5.74) is 5.07. The highest BCUT2D eigenvalue weighted by Gasteiger charge is 2.40. The number of nitrogens with zero attached hydrogens (tertiary/aromatic N) is 3. The third-order valence-corrected chi connectivity index (χ3v) is 4.06. The van der Waals surface area contributed by atoms with E-state index in [1.54, 1.807) is 12.3 Å². The quantitative estimate of drug-likeness (QED) is 0.722. The molecule has 0 radical (unpaired) electrons. The molecule has 0 aromatic carbocycles. The molecule has 2 fully saturated rings. The average Bonchev–Trinajstić information content (AvgIpc) is 2.92. The topological polar surface area (TPSA) is 103 Å². The fraction of sp³-hybridized carbons (Fsp3) is 0.692. The molecule has 8 heteroatoms. The Hall–Kier alpha value is -1.48. The third kappa shape index (κ3) is 2.93. The molecule has 0 unspecified atom stereocenters. The molecule has 0 spiro atoms. The molecule has 8 nitrogen and oxygen atoms in total. The highest BCUT2D eigenvalue weighted by atomic mass is 16.5. The van der Waals surface area contributed by atoms with E-state index in [1.165, 1.54) is 4.57 Å². The van der Waals surface area contributed by atoms with Crippen molar-refractivity contribution in [2.75, 3.05) is 38.6 Å². The van der Waals surface area contributed by atoms with E-state index < -0.39 is 11.9 Å². The minimum Gasteiger partial charge on any atom is -0.394 e. The lowest BCUT2D eigenvalue weighted by Crippen LogP contribution is -2.48. The van der Waals surface area contributed by atoms with Gasteiger partial charge in [0, 0.05) is 31.7 Å². The molecule has 0 saturated carbocycles. The Morgan fingerprint density at radius 3 is 2.86 bits per heavy atom. The molecule has 116 valence electrons. The van der Waals surface area contributed by atoms with Gasteiger partial charge in [-0.3, -0.25) is 9.47 Å². The van der Waals surface area contributed by atoms with Crippen molar-refractivity contribution in [1.29, 1.82) is 0 Å². The summed E-state index contributed by atoms with van der Waals surface area (Å²) in [5, 5.41) is 9.54. The molecular weight excluding hydrogens is 276 g/mol. The van der Waals surface area contributed by atoms with Crippen LogP contribution in [0.2, 0.25) is 0 Å². The van der Waals surface area contributed by atoms with Gasteiger partial charge in [0.2, 0.25) is 0 Å². The van der Waals surface area contributed by atoms with Crippen LogP contribution in [0.25, 0.3) is 0 Å². The number of anilines is 1. The van der Waals surface area contributed by atoms with Gasteiger partial charge in [-0.15, -0.1) is 0 Å². The number of aliphatic hydroxyl groups excluding tert-OH is 1. The van der Waals surface area contributed by atoms with Crippen molar-refractivity contribution < 1.29 is 14.6 Å². The summed E-state index contributed by atoms with van der Waals surface area (Å²) >= 11 is 0. The zero-order chi connectivity index (χ0) is 14.8. The number of rotatable bonds is 3. The molecule has 3 heterocycles. The summed E-state index contributed by atoms with van der Waals surface area (Å²) in [6.07, 6.45) is 1.50. The Morgan fingerprint density at radius 2 is 2.19 bits per heavy atom. The number of aliphatic hydroxyl groups is 1. The van der Waals surface area contributed by atoms with Gasteiger partial charge in [-0.25, -0.2) is 4.79 Å². The Kier molecular flexibility index (Phi) is 4.20. The average molecular weight is 296 g/mol. The zero-order valence-corrected chi connectivity index (χ0v) is 11.7. The molecule has 3 rings (SSSR count). The van der Waals surface area contributed by atoms with Crippen molar-refractivity contribution in [1.82, 2.24) is 14.5 Å². The number of hydrogen-bond donors (Lipinski definition) is 2. The van der Waals surface area contributed by atoms with E-state index in [0.29, 0.717) is 19.6 Å². The van der Waals surface area contributed by atoms with Crippen molar-refractivity contribution in [2.24, 2.45) is 0 Å². The van der Waals surface area contributed by atoms with Crippen molar-refractivity contribution in [3.05, 3.63) is 22.7 Å². The lowest BCUT2D eigenvalue weighted by molar-refractivity contribution is -0.0506. The second-order valence-electron chi connectivity index (χ2n) is 5.31. The molecule has 1 aromatic heterocycles. The van der Waals surface area contributed by atoms with Gasteiger partial charge in [-0.1, -0.05) is 0 Å². The van der Waals surface area contributed by atoms with Crippen LogP contribution in [-0.2, 0) is 9.47 Å². The molecule has 2 aliphatic rings. The van der Waals surface area contributed by atoms with Crippen LogP contribution < -0.4 is 11.4 Å². The molecule has 1 aromatic rings. The minimum absolute atomic E-state index is 0.0737. The highest BCUT2D eigenvalue weighted by Crippen LogP contribution is 2.31. The maximum atomic E-state index is 11.9. The number of aromatic nitrogens is 2. The largest absolute Gasteiger partial charge is 0.394 e. The molecule has 2 saturated heterocycles. The van der Waals surface area contributed by atoms with Crippen LogP contribution >= 0.6 is 0 Å². The first-order chi connectivity index (χ1) is 10.2. The smallest absolute Gasteiger partial charge is 0.351 e. The SMILES string of the molecule is Nc1ccn([C@H]2C[C@H](N3CCOCC3)[C@@H](CO)O2)c(=O)n1. The van der Waals surface area contributed by atoms with Gasteiger partial charge in [0.05, 0.1) is 25.9 Å². The fourth-order valence-corrected chi connectivity index (χ4v) is 2.99. The van der Waals surface area contributed by atoms with E-state index in [4.69, 9.17) is 15.2 Å². The zero-order valence-electron chi connectivity index (χ0n) is 11.7. The van der Waals surface area contributed by atoms with Gasteiger partial charge in [-0.05, 0) is 6.07 Å². The van der Waals surface area contributed by atoms with Crippen LogP contribution in [0.1, 0.15) is 12.6 Å². The Balaban J connectivity index is 1.78. The lowest BCUT2D eigenvalue weighted by Gasteiger charge is -2.33. The van der Waals surface area contributed by atoms with Gasteiger partial charge in [0.1, 0.15) is 12.0 Å². The molecule has 0 bridgehead atoms. The number of nitrogens with two attached hydrogens (primary N) is 1.